The lowest BCUT2D eigenvalue weighted by atomic mass is 10.0. The molecule has 3 rings (SSSR count). The summed E-state index contributed by atoms with van der Waals surface area (Å²) < 4.78 is 15.9. The average Bonchev–Trinajstić information content (AvgIpc) is 3.16. The number of ketones is 1. The van der Waals surface area contributed by atoms with Gasteiger partial charge >= 0.3 is 6.09 Å². The van der Waals surface area contributed by atoms with E-state index in [0.29, 0.717) is 43.8 Å². The molecular weight excluding hydrogens is 390 g/mol. The summed E-state index contributed by atoms with van der Waals surface area (Å²) in [5.41, 5.74) is 1.02. The first kappa shape index (κ1) is 21.8. The van der Waals surface area contributed by atoms with E-state index in [0.717, 1.165) is 0 Å². The third-order valence-corrected chi connectivity index (χ3v) is 4.78. The minimum atomic E-state index is -1.11. The van der Waals surface area contributed by atoms with Gasteiger partial charge in [-0.1, -0.05) is 26.0 Å². The van der Waals surface area contributed by atoms with Crippen LogP contribution in [0.25, 0.3) is 11.1 Å². The van der Waals surface area contributed by atoms with Crippen LogP contribution in [-0.4, -0.2) is 66.1 Å². The molecule has 9 nitrogen and oxygen atoms in total. The van der Waals surface area contributed by atoms with Gasteiger partial charge < -0.3 is 24.1 Å². The van der Waals surface area contributed by atoms with Gasteiger partial charge in [-0.3, -0.25) is 9.59 Å². The van der Waals surface area contributed by atoms with E-state index in [1.807, 2.05) is 13.8 Å². The number of nitrogens with one attached hydrogen (secondary N) is 1. The number of hydrogen-bond donors (Lipinski definition) is 1. The van der Waals surface area contributed by atoms with Gasteiger partial charge in [0.15, 0.2) is 11.7 Å². The quantitative estimate of drug-likeness (QED) is 0.689. The number of fused-ring (bicyclic) bond motifs is 1. The molecular formula is C21H27N3O6. The summed E-state index contributed by atoms with van der Waals surface area (Å²) in [4.78, 5) is 43.6. The van der Waals surface area contributed by atoms with E-state index >= 15 is 0 Å². The van der Waals surface area contributed by atoms with Gasteiger partial charge in [-0.25, -0.2) is 9.78 Å². The van der Waals surface area contributed by atoms with Gasteiger partial charge in [-0.15, -0.1) is 0 Å². The Morgan fingerprint density at radius 3 is 2.53 bits per heavy atom. The molecule has 2 heterocycles. The second-order valence-electron chi connectivity index (χ2n) is 7.66. The number of para-hydroxylation sites is 2. The molecule has 1 aromatic heterocycles. The summed E-state index contributed by atoms with van der Waals surface area (Å²) in [6, 6.07) is 6.25. The summed E-state index contributed by atoms with van der Waals surface area (Å²) in [5, 5.41) is 2.61. The largest absolute Gasteiger partial charge is 0.438 e. The molecule has 0 radical (unpaired) electrons. The lowest BCUT2D eigenvalue weighted by molar-refractivity contribution is -0.137. The molecule has 162 valence electrons. The highest BCUT2D eigenvalue weighted by Crippen LogP contribution is 2.17. The highest BCUT2D eigenvalue weighted by molar-refractivity contribution is 5.98. The zero-order valence-corrected chi connectivity index (χ0v) is 17.4. The van der Waals surface area contributed by atoms with Crippen LogP contribution >= 0.6 is 0 Å². The molecule has 2 aromatic rings. The van der Waals surface area contributed by atoms with Crippen LogP contribution in [0.2, 0.25) is 0 Å². The molecule has 0 unspecified atom stereocenters. The van der Waals surface area contributed by atoms with E-state index in [-0.39, 0.29) is 17.7 Å². The van der Waals surface area contributed by atoms with Crippen LogP contribution in [0.5, 0.6) is 0 Å². The van der Waals surface area contributed by atoms with Crippen molar-refractivity contribution >= 4 is 28.9 Å². The molecule has 0 saturated carbocycles. The Balaban J connectivity index is 1.61. The van der Waals surface area contributed by atoms with E-state index < -0.39 is 24.0 Å². The van der Waals surface area contributed by atoms with E-state index in [2.05, 4.69) is 10.3 Å². The number of alkyl carbamates (subject to hydrolysis) is 1. The number of oxazole rings is 1. The summed E-state index contributed by atoms with van der Waals surface area (Å²) >= 11 is 0. The number of ether oxygens (including phenoxy) is 2. The maximum Gasteiger partial charge on any atom is 0.408 e. The van der Waals surface area contributed by atoms with Gasteiger partial charge in [-0.2, -0.15) is 0 Å². The first-order valence-electron chi connectivity index (χ1n) is 10.1. The number of morpholine rings is 1. The Morgan fingerprint density at radius 2 is 1.87 bits per heavy atom. The molecule has 0 spiro atoms. The van der Waals surface area contributed by atoms with Crippen LogP contribution in [0.4, 0.5) is 4.79 Å². The number of amides is 2. The monoisotopic (exact) mass is 417 g/mol. The SMILES string of the molecule is CC(C)C[C@H](NC(=O)O[C@@H](C)C(=O)c1nc2ccccc2o1)C(=O)N1CCOCC1. The van der Waals surface area contributed by atoms with Gasteiger partial charge in [0.2, 0.25) is 5.91 Å². The summed E-state index contributed by atoms with van der Waals surface area (Å²) in [7, 11) is 0. The lowest BCUT2D eigenvalue weighted by Gasteiger charge is -2.31. The van der Waals surface area contributed by atoms with Crippen molar-refractivity contribution in [2.75, 3.05) is 26.3 Å². The van der Waals surface area contributed by atoms with Gasteiger partial charge in [0.1, 0.15) is 11.6 Å². The van der Waals surface area contributed by atoms with Gasteiger partial charge in [-0.05, 0) is 31.4 Å². The van der Waals surface area contributed by atoms with Crippen LogP contribution in [0, 0.1) is 5.92 Å². The third-order valence-electron chi connectivity index (χ3n) is 4.78. The van der Waals surface area contributed by atoms with Gasteiger partial charge in [0.05, 0.1) is 13.2 Å². The molecule has 1 aliphatic heterocycles. The number of Topliss-reactive ketones (excluding diaryl/α,β-unsaturated/α-hetero) is 1. The van der Waals surface area contributed by atoms with Crippen molar-refractivity contribution < 1.29 is 28.3 Å². The zero-order chi connectivity index (χ0) is 21.7. The minimum absolute atomic E-state index is 0.125. The van der Waals surface area contributed by atoms with E-state index in [1.54, 1.807) is 29.2 Å². The van der Waals surface area contributed by atoms with E-state index in [1.165, 1.54) is 6.92 Å². The third kappa shape index (κ3) is 5.35. The smallest absolute Gasteiger partial charge is 0.408 e. The first-order valence-corrected chi connectivity index (χ1v) is 10.1. The van der Waals surface area contributed by atoms with Crippen molar-refractivity contribution in [2.24, 2.45) is 5.92 Å². The van der Waals surface area contributed by atoms with Crippen molar-refractivity contribution in [3.05, 3.63) is 30.2 Å². The fourth-order valence-electron chi connectivity index (χ4n) is 3.24. The Bertz CT molecular complexity index is 870. The molecule has 30 heavy (non-hydrogen) atoms. The fourth-order valence-corrected chi connectivity index (χ4v) is 3.24. The number of hydrogen-bond acceptors (Lipinski definition) is 7. The Kier molecular flexibility index (Phi) is 7.04. The molecule has 1 aromatic carbocycles. The number of carbonyl (C=O) groups is 3. The summed E-state index contributed by atoms with van der Waals surface area (Å²) in [6.07, 6.45) is -1.49. The zero-order valence-electron chi connectivity index (χ0n) is 17.4. The van der Waals surface area contributed by atoms with Crippen molar-refractivity contribution in [1.29, 1.82) is 0 Å². The highest BCUT2D eigenvalue weighted by Gasteiger charge is 2.30. The second kappa shape index (κ2) is 9.71. The van der Waals surface area contributed by atoms with E-state index in [4.69, 9.17) is 13.9 Å². The van der Waals surface area contributed by atoms with Crippen LogP contribution < -0.4 is 5.32 Å². The lowest BCUT2D eigenvalue weighted by Crippen LogP contribution is -2.52. The average molecular weight is 417 g/mol. The Morgan fingerprint density at radius 1 is 1.17 bits per heavy atom. The van der Waals surface area contributed by atoms with Crippen molar-refractivity contribution in [2.45, 2.75) is 39.3 Å². The van der Waals surface area contributed by atoms with Crippen LogP contribution in [0.1, 0.15) is 37.9 Å². The van der Waals surface area contributed by atoms with Crippen molar-refractivity contribution in [3.63, 3.8) is 0 Å². The first-order chi connectivity index (χ1) is 14.3. The molecule has 1 fully saturated rings. The Labute approximate surface area is 174 Å². The predicted molar refractivity (Wildman–Crippen MR) is 108 cm³/mol. The summed E-state index contributed by atoms with van der Waals surface area (Å²) in [6.45, 7) is 7.28. The van der Waals surface area contributed by atoms with Crippen molar-refractivity contribution in [3.8, 4) is 0 Å². The van der Waals surface area contributed by atoms with Crippen molar-refractivity contribution in [1.82, 2.24) is 15.2 Å². The normalized spacial score (nSPS) is 16.3. The number of nitrogens with zero attached hydrogens (tertiary/aromatic N) is 2. The second-order valence-corrected chi connectivity index (χ2v) is 7.66. The number of aromatic nitrogens is 1. The Hall–Kier alpha value is -2.94. The van der Waals surface area contributed by atoms with Crippen LogP contribution in [0.15, 0.2) is 28.7 Å². The summed E-state index contributed by atoms with van der Waals surface area (Å²) in [5.74, 6) is -0.679. The molecule has 1 aliphatic rings. The van der Waals surface area contributed by atoms with Crippen LogP contribution in [-0.2, 0) is 14.3 Å². The van der Waals surface area contributed by atoms with Crippen LogP contribution in [0.3, 0.4) is 0 Å². The predicted octanol–water partition coefficient (Wildman–Crippen LogP) is 2.40. The van der Waals surface area contributed by atoms with E-state index in [9.17, 15) is 14.4 Å². The van der Waals surface area contributed by atoms with Gasteiger partial charge in [0.25, 0.3) is 11.7 Å². The standard InChI is InChI=1S/C21H27N3O6/c1-13(2)12-16(20(26)24-8-10-28-11-9-24)23-21(27)29-14(3)18(25)19-22-15-6-4-5-7-17(15)30-19/h4-7,13-14,16H,8-12H2,1-3H3,(H,23,27)/t14-,16-/m0/s1. The molecule has 0 bridgehead atoms. The number of carbonyl (C=O) groups excluding carboxylic acids is 3. The molecule has 1 saturated heterocycles. The molecule has 2 amide bonds. The number of rotatable bonds is 7. The highest BCUT2D eigenvalue weighted by atomic mass is 16.6. The molecule has 9 heteroatoms. The number of benzene rings is 1. The molecule has 2 atom stereocenters. The maximum absolute atomic E-state index is 12.8. The maximum atomic E-state index is 12.8. The van der Waals surface area contributed by atoms with Gasteiger partial charge in [0, 0.05) is 13.1 Å². The topological polar surface area (TPSA) is 111 Å². The minimum Gasteiger partial charge on any atom is -0.438 e. The fraction of sp³-hybridized carbons (Fsp3) is 0.524. The molecule has 0 aliphatic carbocycles. The molecule has 1 N–H and O–H groups in total.